The van der Waals surface area contributed by atoms with Gasteiger partial charge in [-0.3, -0.25) is 9.67 Å². The van der Waals surface area contributed by atoms with Crippen molar-refractivity contribution in [2.45, 2.75) is 78.7 Å². The van der Waals surface area contributed by atoms with E-state index >= 15 is 4.39 Å². The fourth-order valence-corrected chi connectivity index (χ4v) is 5.40. The van der Waals surface area contributed by atoms with Gasteiger partial charge in [-0.25, -0.2) is 13.9 Å². The average molecular weight is 595 g/mol. The predicted molar refractivity (Wildman–Crippen MR) is 166 cm³/mol. The van der Waals surface area contributed by atoms with Crippen LogP contribution in [0.3, 0.4) is 0 Å². The lowest BCUT2D eigenvalue weighted by atomic mass is 9.97. The normalized spacial score (nSPS) is 13.0. The van der Waals surface area contributed by atoms with Gasteiger partial charge in [0.25, 0.3) is 0 Å². The summed E-state index contributed by atoms with van der Waals surface area (Å²) in [5.41, 5.74) is 4.06. The van der Waals surface area contributed by atoms with Crippen LogP contribution < -0.4 is 0 Å². The number of carbonyl (C=O) groups excluding carboxylic acids is 1. The van der Waals surface area contributed by atoms with Crippen molar-refractivity contribution in [3.63, 3.8) is 0 Å². The molecule has 1 aromatic carbocycles. The van der Waals surface area contributed by atoms with Crippen LogP contribution >= 0.6 is 0 Å². The van der Waals surface area contributed by atoms with Crippen molar-refractivity contribution < 1.29 is 18.7 Å². The van der Waals surface area contributed by atoms with E-state index in [1.54, 1.807) is 28.8 Å². The first kappa shape index (κ1) is 31.4. The quantitative estimate of drug-likeness (QED) is 0.151. The maximum atomic E-state index is 15.8. The van der Waals surface area contributed by atoms with Crippen LogP contribution in [0.25, 0.3) is 33.4 Å². The van der Waals surface area contributed by atoms with Crippen molar-refractivity contribution in [1.29, 1.82) is 0 Å². The van der Waals surface area contributed by atoms with Crippen LogP contribution in [0, 0.1) is 12.7 Å². The molecular formula is C31H43FN6O3Si. The van der Waals surface area contributed by atoms with E-state index in [1.807, 2.05) is 60.0 Å². The minimum atomic E-state index is -1.22. The Morgan fingerprint density at radius 1 is 1.17 bits per heavy atom. The van der Waals surface area contributed by atoms with E-state index in [2.05, 4.69) is 29.7 Å². The predicted octanol–water partition coefficient (Wildman–Crippen LogP) is 7.19. The first-order chi connectivity index (χ1) is 19.5. The van der Waals surface area contributed by atoms with Crippen LogP contribution in [0.1, 0.15) is 44.9 Å². The lowest BCUT2D eigenvalue weighted by Gasteiger charge is -2.29. The third-order valence-electron chi connectivity index (χ3n) is 7.14. The summed E-state index contributed by atoms with van der Waals surface area (Å²) in [6, 6.07) is 5.91. The third-order valence-corrected chi connectivity index (χ3v) is 8.84. The van der Waals surface area contributed by atoms with Gasteiger partial charge in [0, 0.05) is 51.5 Å². The highest BCUT2D eigenvalue weighted by Gasteiger charge is 2.26. The lowest BCUT2D eigenvalue weighted by molar-refractivity contribution is 0.0233. The Morgan fingerprint density at radius 3 is 2.48 bits per heavy atom. The second-order valence-electron chi connectivity index (χ2n) is 13.1. The Labute approximate surface area is 248 Å². The topological polar surface area (TPSA) is 87.3 Å². The van der Waals surface area contributed by atoms with Crippen LogP contribution in [-0.2, 0) is 23.3 Å². The van der Waals surface area contributed by atoms with Crippen molar-refractivity contribution in [3.8, 4) is 22.5 Å². The monoisotopic (exact) mass is 594 g/mol. The van der Waals surface area contributed by atoms with E-state index in [9.17, 15) is 4.79 Å². The summed E-state index contributed by atoms with van der Waals surface area (Å²) in [5, 5.41) is 10.0. The summed E-state index contributed by atoms with van der Waals surface area (Å²) in [7, 11) is 2.29. The zero-order chi connectivity index (χ0) is 31.0. The molecular weight excluding hydrogens is 551 g/mol. The number of rotatable bonds is 9. The number of ether oxygens (including phenoxy) is 2. The zero-order valence-corrected chi connectivity index (χ0v) is 27.4. The molecule has 4 aromatic rings. The summed E-state index contributed by atoms with van der Waals surface area (Å²) < 4.78 is 30.8. The van der Waals surface area contributed by atoms with Crippen LogP contribution in [0.4, 0.5) is 9.18 Å². The van der Waals surface area contributed by atoms with Gasteiger partial charge in [0.1, 0.15) is 23.8 Å². The maximum absolute atomic E-state index is 15.8. The van der Waals surface area contributed by atoms with Gasteiger partial charge in [0.05, 0.1) is 29.6 Å². The molecule has 3 heterocycles. The number of nitrogens with zero attached hydrogens (tertiary/aromatic N) is 6. The van der Waals surface area contributed by atoms with Crippen LogP contribution in [0.2, 0.25) is 25.7 Å². The maximum Gasteiger partial charge on any atom is 0.410 e. The number of benzene rings is 1. The summed E-state index contributed by atoms with van der Waals surface area (Å²) in [4.78, 5) is 18.8. The van der Waals surface area contributed by atoms with Crippen molar-refractivity contribution >= 4 is 25.1 Å². The first-order valence-electron chi connectivity index (χ1n) is 14.2. The largest absolute Gasteiger partial charge is 0.444 e. The SMILES string of the molecule is Cc1cc(C(C)N(C)C(=O)OC(C)(C)C)cc(F)c1-c1cc2c(-c3cnn(C)c3)nn(COCC[Si](C)(C)C)c2cn1. The van der Waals surface area contributed by atoms with Crippen LogP contribution in [0.15, 0.2) is 36.8 Å². The number of amides is 1. The van der Waals surface area contributed by atoms with Crippen molar-refractivity contribution in [2.24, 2.45) is 7.05 Å². The highest BCUT2D eigenvalue weighted by molar-refractivity contribution is 6.76. The molecule has 1 unspecified atom stereocenters. The van der Waals surface area contributed by atoms with Gasteiger partial charge in [-0.2, -0.15) is 10.2 Å². The van der Waals surface area contributed by atoms with Gasteiger partial charge in [0.2, 0.25) is 0 Å². The number of carbonyl (C=O) groups is 1. The number of halogens is 1. The number of aryl methyl sites for hydroxylation is 2. The van der Waals surface area contributed by atoms with Gasteiger partial charge in [-0.15, -0.1) is 0 Å². The molecule has 9 nitrogen and oxygen atoms in total. The van der Waals surface area contributed by atoms with Gasteiger partial charge in [0.15, 0.2) is 0 Å². The molecule has 4 rings (SSSR count). The van der Waals surface area contributed by atoms with Gasteiger partial charge < -0.3 is 14.4 Å². The Hall–Kier alpha value is -3.57. The zero-order valence-electron chi connectivity index (χ0n) is 26.4. The van der Waals surface area contributed by atoms with Crippen LogP contribution in [-0.4, -0.2) is 62.9 Å². The van der Waals surface area contributed by atoms with E-state index in [4.69, 9.17) is 14.6 Å². The molecule has 11 heteroatoms. The van der Waals surface area contributed by atoms with Crippen molar-refractivity contribution in [3.05, 3.63) is 53.7 Å². The Bertz CT molecular complexity index is 1560. The van der Waals surface area contributed by atoms with Crippen molar-refractivity contribution in [2.75, 3.05) is 13.7 Å². The Morgan fingerprint density at radius 2 is 1.88 bits per heavy atom. The molecule has 0 N–H and O–H groups in total. The average Bonchev–Trinajstić information content (AvgIpc) is 3.46. The molecule has 0 radical (unpaired) electrons. The fourth-order valence-electron chi connectivity index (χ4n) is 4.65. The number of aromatic nitrogens is 5. The van der Waals surface area contributed by atoms with E-state index in [1.165, 1.54) is 11.0 Å². The number of hydrogen-bond acceptors (Lipinski definition) is 6. The van der Waals surface area contributed by atoms with Gasteiger partial charge in [-0.1, -0.05) is 25.7 Å². The molecule has 0 aliphatic heterocycles. The molecule has 3 aromatic heterocycles. The molecule has 1 atom stereocenters. The van der Waals surface area contributed by atoms with Gasteiger partial charge >= 0.3 is 6.09 Å². The minimum Gasteiger partial charge on any atom is -0.444 e. The standard InChI is InChI=1S/C31H43FN6O3Si/c1-20-13-22(21(2)37(7)30(39)41-31(3,4)5)14-25(32)28(20)26-15-24-27(17-33-26)38(19-40-11-12-42(8,9)10)35-29(24)23-16-34-36(6)18-23/h13-18,21H,11-12,19H2,1-10H3. The fraction of sp³-hybridized carbons (Fsp3) is 0.484. The molecule has 42 heavy (non-hydrogen) atoms. The minimum absolute atomic E-state index is 0.299. The second kappa shape index (κ2) is 12.0. The number of hydrogen-bond donors (Lipinski definition) is 0. The second-order valence-corrected chi connectivity index (χ2v) is 18.8. The molecule has 1 amide bonds. The van der Waals surface area contributed by atoms with E-state index < -0.39 is 31.6 Å². The van der Waals surface area contributed by atoms with Crippen LogP contribution in [0.5, 0.6) is 0 Å². The van der Waals surface area contributed by atoms with E-state index in [0.29, 0.717) is 35.7 Å². The molecule has 0 aliphatic carbocycles. The Balaban J connectivity index is 1.69. The summed E-state index contributed by atoms with van der Waals surface area (Å²) >= 11 is 0. The van der Waals surface area contributed by atoms with Crippen molar-refractivity contribution in [1.82, 2.24) is 29.4 Å². The van der Waals surface area contributed by atoms with E-state index in [0.717, 1.165) is 28.2 Å². The Kier molecular flexibility index (Phi) is 8.93. The number of fused-ring (bicyclic) bond motifs is 1. The highest BCUT2D eigenvalue weighted by atomic mass is 28.3. The summed E-state index contributed by atoms with van der Waals surface area (Å²) in [5.74, 6) is -0.411. The molecule has 0 saturated carbocycles. The molecule has 0 fully saturated rings. The highest BCUT2D eigenvalue weighted by Crippen LogP contribution is 2.34. The number of pyridine rings is 1. The third kappa shape index (κ3) is 7.25. The molecule has 0 bridgehead atoms. The lowest BCUT2D eigenvalue weighted by Crippen LogP contribution is -2.35. The summed E-state index contributed by atoms with van der Waals surface area (Å²) in [6.45, 7) is 17.1. The molecule has 0 saturated heterocycles. The first-order valence-corrected chi connectivity index (χ1v) is 17.9. The molecule has 226 valence electrons. The molecule has 0 spiro atoms. The molecule has 0 aliphatic rings. The van der Waals surface area contributed by atoms with E-state index in [-0.39, 0.29) is 0 Å². The summed E-state index contributed by atoms with van der Waals surface area (Å²) in [6.07, 6.45) is 4.93. The van der Waals surface area contributed by atoms with Gasteiger partial charge in [-0.05, 0) is 63.9 Å². The smallest absolute Gasteiger partial charge is 0.410 e.